The minimum Gasteiger partial charge on any atom is -0.481 e. The number of carbonyl (C=O) groups excluding carboxylic acids is 1. The van der Waals surface area contributed by atoms with Crippen molar-refractivity contribution in [2.75, 3.05) is 27.4 Å². The summed E-state index contributed by atoms with van der Waals surface area (Å²) in [6.45, 7) is 3.89. The zero-order chi connectivity index (χ0) is 19.7. The van der Waals surface area contributed by atoms with E-state index in [9.17, 15) is 4.79 Å². The summed E-state index contributed by atoms with van der Waals surface area (Å²) in [5.41, 5.74) is 2.91. The molecular formula is C20H22N4O3S. The van der Waals surface area contributed by atoms with E-state index >= 15 is 0 Å². The minimum absolute atomic E-state index is 0.0232. The van der Waals surface area contributed by atoms with E-state index in [2.05, 4.69) is 15.0 Å². The standard InChI is InChI=1S/C20H22N4O3S/c1-12-16-17(14-5-7-27-10-14)22-11-23-19(16)28-18(12)20(25)24(2)9-13-4-6-21-15(8-13)26-3/h4,6,8,11,14H,5,7,9-10H2,1-3H3. The van der Waals surface area contributed by atoms with Crippen LogP contribution in [0.4, 0.5) is 0 Å². The third-order valence-electron chi connectivity index (χ3n) is 5.04. The number of thiophene rings is 1. The molecule has 1 aliphatic heterocycles. The number of aromatic nitrogens is 3. The molecule has 0 N–H and O–H groups in total. The van der Waals surface area contributed by atoms with Crippen LogP contribution in [0.1, 0.15) is 38.8 Å². The van der Waals surface area contributed by atoms with Crippen LogP contribution in [-0.2, 0) is 11.3 Å². The summed E-state index contributed by atoms with van der Waals surface area (Å²) >= 11 is 1.43. The predicted octanol–water partition coefficient (Wildman–Crippen LogP) is 3.18. The summed E-state index contributed by atoms with van der Waals surface area (Å²) in [6.07, 6.45) is 4.23. The van der Waals surface area contributed by atoms with Crippen LogP contribution in [0.15, 0.2) is 24.7 Å². The van der Waals surface area contributed by atoms with Gasteiger partial charge in [0.1, 0.15) is 11.2 Å². The normalized spacial score (nSPS) is 16.5. The lowest BCUT2D eigenvalue weighted by molar-refractivity contribution is 0.0789. The molecule has 0 aromatic carbocycles. The summed E-state index contributed by atoms with van der Waals surface area (Å²) < 4.78 is 10.7. The number of nitrogens with zero attached hydrogens (tertiary/aromatic N) is 4. The van der Waals surface area contributed by atoms with Crippen molar-refractivity contribution in [3.05, 3.63) is 46.4 Å². The maximum Gasteiger partial charge on any atom is 0.264 e. The zero-order valence-electron chi connectivity index (χ0n) is 16.1. The first kappa shape index (κ1) is 18.8. The number of aryl methyl sites for hydroxylation is 1. The van der Waals surface area contributed by atoms with E-state index in [0.29, 0.717) is 23.9 Å². The topological polar surface area (TPSA) is 77.4 Å². The number of pyridine rings is 1. The molecule has 7 nitrogen and oxygen atoms in total. The maximum atomic E-state index is 13.1. The second-order valence-corrected chi connectivity index (χ2v) is 7.92. The van der Waals surface area contributed by atoms with Crippen molar-refractivity contribution in [1.82, 2.24) is 19.9 Å². The van der Waals surface area contributed by atoms with E-state index in [4.69, 9.17) is 9.47 Å². The molecule has 146 valence electrons. The smallest absolute Gasteiger partial charge is 0.264 e. The average molecular weight is 398 g/mol. The van der Waals surface area contributed by atoms with Crippen molar-refractivity contribution in [2.45, 2.75) is 25.8 Å². The van der Waals surface area contributed by atoms with Crippen molar-refractivity contribution in [3.63, 3.8) is 0 Å². The summed E-state index contributed by atoms with van der Waals surface area (Å²) in [5, 5.41) is 1.00. The number of hydrogen-bond acceptors (Lipinski definition) is 7. The molecule has 1 atom stereocenters. The fourth-order valence-corrected chi connectivity index (χ4v) is 4.69. The van der Waals surface area contributed by atoms with Gasteiger partial charge in [0.25, 0.3) is 5.91 Å². The van der Waals surface area contributed by atoms with Gasteiger partial charge in [-0.2, -0.15) is 0 Å². The van der Waals surface area contributed by atoms with Crippen LogP contribution in [0.5, 0.6) is 5.88 Å². The van der Waals surface area contributed by atoms with Crippen LogP contribution < -0.4 is 4.74 Å². The molecule has 1 saturated heterocycles. The van der Waals surface area contributed by atoms with Gasteiger partial charge in [-0.25, -0.2) is 15.0 Å². The fourth-order valence-electron chi connectivity index (χ4n) is 3.54. The van der Waals surface area contributed by atoms with Gasteiger partial charge >= 0.3 is 0 Å². The zero-order valence-corrected chi connectivity index (χ0v) is 17.0. The number of fused-ring (bicyclic) bond motifs is 1. The van der Waals surface area contributed by atoms with Gasteiger partial charge < -0.3 is 14.4 Å². The molecule has 8 heteroatoms. The Bertz CT molecular complexity index is 1010. The first-order chi connectivity index (χ1) is 13.6. The van der Waals surface area contributed by atoms with E-state index in [-0.39, 0.29) is 11.8 Å². The number of hydrogen-bond donors (Lipinski definition) is 0. The molecule has 28 heavy (non-hydrogen) atoms. The highest BCUT2D eigenvalue weighted by molar-refractivity contribution is 7.20. The second kappa shape index (κ2) is 7.81. The first-order valence-electron chi connectivity index (χ1n) is 9.14. The van der Waals surface area contributed by atoms with E-state index in [0.717, 1.165) is 40.1 Å². The number of ether oxygens (including phenoxy) is 2. The Kier molecular flexibility index (Phi) is 5.23. The van der Waals surface area contributed by atoms with Gasteiger partial charge in [-0.15, -0.1) is 11.3 Å². The molecule has 1 fully saturated rings. The average Bonchev–Trinajstić information content (AvgIpc) is 3.36. The quantitative estimate of drug-likeness (QED) is 0.657. The highest BCUT2D eigenvalue weighted by Crippen LogP contribution is 2.36. The third-order valence-corrected chi connectivity index (χ3v) is 6.23. The van der Waals surface area contributed by atoms with Gasteiger partial charge in [0, 0.05) is 43.8 Å². The molecule has 1 unspecified atom stereocenters. The molecule has 3 aromatic rings. The molecule has 0 spiro atoms. The number of rotatable bonds is 5. The van der Waals surface area contributed by atoms with Crippen molar-refractivity contribution in [2.24, 2.45) is 0 Å². The van der Waals surface area contributed by atoms with Crippen LogP contribution in [0.25, 0.3) is 10.2 Å². The van der Waals surface area contributed by atoms with Gasteiger partial charge in [0.2, 0.25) is 5.88 Å². The van der Waals surface area contributed by atoms with Crippen LogP contribution in [0.3, 0.4) is 0 Å². The first-order valence-corrected chi connectivity index (χ1v) is 9.96. The van der Waals surface area contributed by atoms with Gasteiger partial charge in [0.05, 0.1) is 24.3 Å². The molecule has 1 aliphatic rings. The van der Waals surface area contributed by atoms with Crippen LogP contribution in [-0.4, -0.2) is 53.1 Å². The van der Waals surface area contributed by atoms with Crippen LogP contribution in [0.2, 0.25) is 0 Å². The molecule has 0 saturated carbocycles. The number of amides is 1. The Balaban J connectivity index is 1.63. The van der Waals surface area contributed by atoms with E-state index in [1.54, 1.807) is 31.6 Å². The van der Waals surface area contributed by atoms with E-state index < -0.39 is 0 Å². The lowest BCUT2D eigenvalue weighted by atomic mass is 9.99. The monoisotopic (exact) mass is 398 g/mol. The predicted molar refractivity (Wildman–Crippen MR) is 107 cm³/mol. The highest BCUT2D eigenvalue weighted by Gasteiger charge is 2.27. The minimum atomic E-state index is -0.0232. The van der Waals surface area contributed by atoms with Crippen molar-refractivity contribution < 1.29 is 14.3 Å². The Hall–Kier alpha value is -2.58. The molecule has 3 aromatic heterocycles. The lowest BCUT2D eigenvalue weighted by Crippen LogP contribution is -2.26. The lowest BCUT2D eigenvalue weighted by Gasteiger charge is -2.17. The SMILES string of the molecule is COc1cc(CN(C)C(=O)c2sc3ncnc(C4CCOC4)c3c2C)ccn1. The fraction of sp³-hybridized carbons (Fsp3) is 0.400. The summed E-state index contributed by atoms with van der Waals surface area (Å²) in [7, 11) is 3.38. The van der Waals surface area contributed by atoms with Crippen molar-refractivity contribution in [3.8, 4) is 5.88 Å². The highest BCUT2D eigenvalue weighted by atomic mass is 32.1. The Morgan fingerprint density at radius 3 is 3.00 bits per heavy atom. The Labute approximate surface area is 167 Å². The van der Waals surface area contributed by atoms with Gasteiger partial charge in [-0.3, -0.25) is 4.79 Å². The van der Waals surface area contributed by atoms with Crippen molar-refractivity contribution >= 4 is 27.5 Å². The Morgan fingerprint density at radius 1 is 1.39 bits per heavy atom. The largest absolute Gasteiger partial charge is 0.481 e. The summed E-state index contributed by atoms with van der Waals surface area (Å²) in [6, 6.07) is 3.72. The van der Waals surface area contributed by atoms with E-state index in [1.165, 1.54) is 11.3 Å². The molecule has 4 rings (SSSR count). The van der Waals surface area contributed by atoms with Crippen molar-refractivity contribution in [1.29, 1.82) is 0 Å². The van der Waals surface area contributed by atoms with Gasteiger partial charge in [-0.05, 0) is 30.5 Å². The maximum absolute atomic E-state index is 13.1. The summed E-state index contributed by atoms with van der Waals surface area (Å²) in [4.78, 5) is 29.5. The van der Waals surface area contributed by atoms with E-state index in [1.807, 2.05) is 19.1 Å². The second-order valence-electron chi connectivity index (χ2n) is 6.92. The van der Waals surface area contributed by atoms with Crippen LogP contribution >= 0.6 is 11.3 Å². The molecule has 0 bridgehead atoms. The van der Waals surface area contributed by atoms with Gasteiger partial charge in [0.15, 0.2) is 0 Å². The Morgan fingerprint density at radius 2 is 2.25 bits per heavy atom. The van der Waals surface area contributed by atoms with Gasteiger partial charge in [-0.1, -0.05) is 0 Å². The number of methoxy groups -OCH3 is 1. The molecule has 0 aliphatic carbocycles. The van der Waals surface area contributed by atoms with Crippen LogP contribution in [0, 0.1) is 6.92 Å². The summed E-state index contributed by atoms with van der Waals surface area (Å²) in [5.74, 6) is 0.781. The third kappa shape index (κ3) is 3.45. The number of carbonyl (C=O) groups is 1. The molecular weight excluding hydrogens is 376 g/mol. The molecule has 1 amide bonds. The molecule has 0 radical (unpaired) electrons. The molecule has 4 heterocycles.